The van der Waals surface area contributed by atoms with Crippen molar-refractivity contribution in [1.82, 2.24) is 4.98 Å². The van der Waals surface area contributed by atoms with E-state index >= 15 is 0 Å². The van der Waals surface area contributed by atoms with Gasteiger partial charge in [0.2, 0.25) is 0 Å². The molecule has 0 spiro atoms. The highest BCUT2D eigenvalue weighted by molar-refractivity contribution is 5.09. The third kappa shape index (κ3) is 5.56. The molecule has 0 aliphatic carbocycles. The van der Waals surface area contributed by atoms with Gasteiger partial charge < -0.3 is 0 Å². The molecule has 0 fully saturated rings. The van der Waals surface area contributed by atoms with Crippen molar-refractivity contribution >= 4 is 0 Å². The van der Waals surface area contributed by atoms with Gasteiger partial charge in [-0.25, -0.2) is 0 Å². The van der Waals surface area contributed by atoms with Gasteiger partial charge in [0, 0.05) is 12.4 Å². The molecule has 1 unspecified atom stereocenters. The minimum atomic E-state index is 0.841. The lowest BCUT2D eigenvalue weighted by Crippen LogP contribution is -2.00. The van der Waals surface area contributed by atoms with E-state index in [1.54, 1.807) is 0 Å². The highest BCUT2D eigenvalue weighted by Crippen LogP contribution is 2.17. The average molecular weight is 205 g/mol. The summed E-state index contributed by atoms with van der Waals surface area (Å²) in [6.07, 6.45) is 8.99. The largest absolute Gasteiger partial charge is 0.265 e. The van der Waals surface area contributed by atoms with Crippen LogP contribution in [0.25, 0.3) is 0 Å². The topological polar surface area (TPSA) is 12.9 Å². The van der Waals surface area contributed by atoms with E-state index in [0.717, 1.165) is 11.8 Å². The first-order valence-corrected chi connectivity index (χ1v) is 6.07. The van der Waals surface area contributed by atoms with Crippen LogP contribution in [-0.2, 0) is 6.42 Å². The van der Waals surface area contributed by atoms with E-state index < -0.39 is 0 Å². The van der Waals surface area contributed by atoms with Crippen LogP contribution >= 0.6 is 0 Å². The zero-order chi connectivity index (χ0) is 11.1. The first kappa shape index (κ1) is 12.2. The fourth-order valence-corrected chi connectivity index (χ4v) is 1.72. The minimum absolute atomic E-state index is 0.841. The third-order valence-corrected chi connectivity index (χ3v) is 2.91. The van der Waals surface area contributed by atoms with E-state index in [0.29, 0.717) is 0 Å². The van der Waals surface area contributed by atoms with Crippen molar-refractivity contribution in [2.75, 3.05) is 0 Å². The Morgan fingerprint density at radius 2 is 1.67 bits per heavy atom. The lowest BCUT2D eigenvalue weighted by atomic mass is 9.94. The summed E-state index contributed by atoms with van der Waals surface area (Å²) in [5.74, 6) is 1.69. The van der Waals surface area contributed by atoms with Gasteiger partial charge in [0.1, 0.15) is 0 Å². The van der Waals surface area contributed by atoms with Crippen molar-refractivity contribution in [3.63, 3.8) is 0 Å². The van der Waals surface area contributed by atoms with Crippen molar-refractivity contribution in [2.24, 2.45) is 11.8 Å². The molecule has 0 aliphatic heterocycles. The molecule has 1 heteroatoms. The maximum Gasteiger partial charge on any atom is 0.0270 e. The van der Waals surface area contributed by atoms with Crippen LogP contribution in [0.4, 0.5) is 0 Å². The molecule has 0 aliphatic rings. The van der Waals surface area contributed by atoms with Crippen LogP contribution in [0.3, 0.4) is 0 Å². The van der Waals surface area contributed by atoms with Gasteiger partial charge in [0.05, 0.1) is 0 Å². The molecule has 0 aromatic carbocycles. The molecule has 0 bridgehead atoms. The molecule has 1 heterocycles. The van der Waals surface area contributed by atoms with Crippen molar-refractivity contribution in [3.05, 3.63) is 30.1 Å². The highest BCUT2D eigenvalue weighted by Gasteiger charge is 2.04. The van der Waals surface area contributed by atoms with Crippen LogP contribution in [0.1, 0.15) is 45.6 Å². The molecule has 1 aromatic rings. The summed E-state index contributed by atoms with van der Waals surface area (Å²) in [6.45, 7) is 6.97. The molecule has 0 N–H and O–H groups in total. The van der Waals surface area contributed by atoms with Crippen LogP contribution in [0.5, 0.6) is 0 Å². The Labute approximate surface area is 93.9 Å². The summed E-state index contributed by atoms with van der Waals surface area (Å²) in [7, 11) is 0. The van der Waals surface area contributed by atoms with Crippen LogP contribution < -0.4 is 0 Å². The predicted octanol–water partition coefficient (Wildman–Crippen LogP) is 4.09. The molecule has 0 radical (unpaired) electrons. The highest BCUT2D eigenvalue weighted by atomic mass is 14.6. The Hall–Kier alpha value is -0.850. The number of aromatic nitrogens is 1. The Morgan fingerprint density at radius 1 is 1.00 bits per heavy atom. The third-order valence-electron chi connectivity index (χ3n) is 2.91. The van der Waals surface area contributed by atoms with Gasteiger partial charge in [-0.2, -0.15) is 0 Å². The fraction of sp³-hybridized carbons (Fsp3) is 0.643. The first-order valence-electron chi connectivity index (χ1n) is 6.07. The SMILES string of the molecule is CC(C)CCC(C)CCc1ccncc1. The minimum Gasteiger partial charge on any atom is -0.265 e. The number of hydrogen-bond donors (Lipinski definition) is 0. The van der Waals surface area contributed by atoms with Gasteiger partial charge in [0.25, 0.3) is 0 Å². The molecule has 0 saturated heterocycles. The molecule has 0 amide bonds. The monoisotopic (exact) mass is 205 g/mol. The summed E-state index contributed by atoms with van der Waals surface area (Å²) in [5, 5.41) is 0. The van der Waals surface area contributed by atoms with E-state index in [4.69, 9.17) is 0 Å². The van der Waals surface area contributed by atoms with Crippen LogP contribution in [0, 0.1) is 11.8 Å². The predicted molar refractivity (Wildman–Crippen MR) is 65.8 cm³/mol. The lowest BCUT2D eigenvalue weighted by molar-refractivity contribution is 0.428. The zero-order valence-corrected chi connectivity index (χ0v) is 10.2. The standard InChI is InChI=1S/C14H23N/c1-12(2)4-5-13(3)6-7-14-8-10-15-11-9-14/h8-13H,4-7H2,1-3H3. The number of rotatable bonds is 6. The van der Waals surface area contributed by atoms with Gasteiger partial charge >= 0.3 is 0 Å². The Bertz CT molecular complexity index is 253. The average Bonchev–Trinajstić information content (AvgIpc) is 2.25. The quantitative estimate of drug-likeness (QED) is 0.681. The van der Waals surface area contributed by atoms with E-state index in [1.165, 1.54) is 31.2 Å². The molecule has 1 aromatic heterocycles. The number of aryl methyl sites for hydroxylation is 1. The number of nitrogens with zero attached hydrogens (tertiary/aromatic N) is 1. The van der Waals surface area contributed by atoms with Crippen LogP contribution in [0.2, 0.25) is 0 Å². The molecule has 0 saturated carbocycles. The smallest absolute Gasteiger partial charge is 0.0270 e. The van der Waals surface area contributed by atoms with E-state index in [1.807, 2.05) is 12.4 Å². The van der Waals surface area contributed by atoms with Gasteiger partial charge in [-0.3, -0.25) is 4.98 Å². The summed E-state index contributed by atoms with van der Waals surface area (Å²) >= 11 is 0. The maximum atomic E-state index is 4.03. The Balaban J connectivity index is 2.19. The molecule has 84 valence electrons. The summed E-state index contributed by atoms with van der Waals surface area (Å²) in [4.78, 5) is 4.03. The van der Waals surface area contributed by atoms with Gasteiger partial charge in [-0.1, -0.05) is 33.6 Å². The zero-order valence-electron chi connectivity index (χ0n) is 10.2. The lowest BCUT2D eigenvalue weighted by Gasteiger charge is -2.12. The van der Waals surface area contributed by atoms with Crippen molar-refractivity contribution in [2.45, 2.75) is 46.5 Å². The Morgan fingerprint density at radius 3 is 2.27 bits per heavy atom. The second-order valence-electron chi connectivity index (χ2n) is 4.97. The molecular weight excluding hydrogens is 182 g/mol. The molecule has 1 rings (SSSR count). The second-order valence-corrected chi connectivity index (χ2v) is 4.97. The number of pyridine rings is 1. The summed E-state index contributed by atoms with van der Waals surface area (Å²) < 4.78 is 0. The second kappa shape index (κ2) is 6.60. The van der Waals surface area contributed by atoms with Gasteiger partial charge in [-0.15, -0.1) is 0 Å². The van der Waals surface area contributed by atoms with E-state index in [2.05, 4.69) is 37.9 Å². The van der Waals surface area contributed by atoms with E-state index in [9.17, 15) is 0 Å². The molecule has 1 nitrogen and oxygen atoms in total. The Kier molecular flexibility index (Phi) is 5.38. The van der Waals surface area contributed by atoms with Crippen LogP contribution in [0.15, 0.2) is 24.5 Å². The summed E-state index contributed by atoms with van der Waals surface area (Å²) in [5.41, 5.74) is 1.42. The van der Waals surface area contributed by atoms with E-state index in [-0.39, 0.29) is 0 Å². The van der Waals surface area contributed by atoms with Gasteiger partial charge in [0.15, 0.2) is 0 Å². The fourth-order valence-electron chi connectivity index (χ4n) is 1.72. The van der Waals surface area contributed by atoms with Crippen molar-refractivity contribution < 1.29 is 0 Å². The molecule has 15 heavy (non-hydrogen) atoms. The van der Waals surface area contributed by atoms with Crippen LogP contribution in [-0.4, -0.2) is 4.98 Å². The normalized spacial score (nSPS) is 13.1. The molecule has 1 atom stereocenters. The number of hydrogen-bond acceptors (Lipinski definition) is 1. The van der Waals surface area contributed by atoms with Crippen molar-refractivity contribution in [3.8, 4) is 0 Å². The maximum absolute atomic E-state index is 4.03. The first-order chi connectivity index (χ1) is 7.18. The summed E-state index contributed by atoms with van der Waals surface area (Å²) in [6, 6.07) is 4.24. The van der Waals surface area contributed by atoms with Crippen molar-refractivity contribution in [1.29, 1.82) is 0 Å². The van der Waals surface area contributed by atoms with Gasteiger partial charge in [-0.05, 0) is 42.4 Å². The molecular formula is C14H23N.